The van der Waals surface area contributed by atoms with E-state index in [0.717, 1.165) is 0 Å². The van der Waals surface area contributed by atoms with E-state index < -0.39 is 13.3 Å². The molecule has 0 spiro atoms. The number of carbonyl (C=O) groups is 1. The zero-order valence-electron chi connectivity index (χ0n) is 5.91. The maximum absolute atomic E-state index is 11.4. The quantitative estimate of drug-likeness (QED) is 0.566. The Labute approximate surface area is 59.4 Å². The third-order valence-electron chi connectivity index (χ3n) is 1.18. The first-order valence-electron chi connectivity index (χ1n) is 3.45. The molecule has 0 bridgehead atoms. The summed E-state index contributed by atoms with van der Waals surface area (Å²) in [6.07, 6.45) is 1.09. The van der Waals surface area contributed by atoms with Gasteiger partial charge in [0.2, 0.25) is 0 Å². The molecule has 0 radical (unpaired) electrons. The Morgan fingerprint density at radius 1 is 1.00 bits per heavy atom. The molecule has 0 aromatic rings. The number of carbonyl (C=O) groups excluding carboxylic acids is 1. The van der Waals surface area contributed by atoms with E-state index in [2.05, 4.69) is 0 Å². The number of rotatable bonds is 6. The van der Waals surface area contributed by atoms with Gasteiger partial charge in [0.1, 0.15) is 5.78 Å². The third-order valence-corrected chi connectivity index (χ3v) is 1.18. The summed E-state index contributed by atoms with van der Waals surface area (Å²) in [5, 5.41) is 0. The van der Waals surface area contributed by atoms with Crippen LogP contribution < -0.4 is 0 Å². The average molecular weight is 150 g/mol. The highest BCUT2D eigenvalue weighted by Gasteiger charge is 1.99. The Morgan fingerprint density at radius 3 is 1.70 bits per heavy atom. The standard InChI is InChI=1S/C7H12F2O/c8-5-1-3-7(10)4-2-6-9/h1-6H2. The zero-order valence-corrected chi connectivity index (χ0v) is 5.91. The van der Waals surface area contributed by atoms with Crippen molar-refractivity contribution in [3.63, 3.8) is 0 Å². The maximum Gasteiger partial charge on any atom is 0.133 e. The van der Waals surface area contributed by atoms with E-state index in [4.69, 9.17) is 0 Å². The van der Waals surface area contributed by atoms with E-state index in [0.29, 0.717) is 0 Å². The van der Waals surface area contributed by atoms with Gasteiger partial charge in [-0.2, -0.15) is 0 Å². The molecular weight excluding hydrogens is 138 g/mol. The lowest BCUT2D eigenvalue weighted by Gasteiger charge is -1.94. The van der Waals surface area contributed by atoms with Crippen LogP contribution in [0.1, 0.15) is 25.7 Å². The number of ketones is 1. The molecule has 0 atom stereocenters. The van der Waals surface area contributed by atoms with Gasteiger partial charge in [-0.15, -0.1) is 0 Å². The number of hydrogen-bond donors (Lipinski definition) is 0. The Kier molecular flexibility index (Phi) is 6.33. The second-order valence-corrected chi connectivity index (χ2v) is 2.12. The fourth-order valence-electron chi connectivity index (χ4n) is 0.653. The predicted molar refractivity (Wildman–Crippen MR) is 35.4 cm³/mol. The van der Waals surface area contributed by atoms with E-state index in [1.54, 1.807) is 0 Å². The molecule has 0 rings (SSSR count). The molecule has 10 heavy (non-hydrogen) atoms. The molecular formula is C7H12F2O. The lowest BCUT2D eigenvalue weighted by atomic mass is 10.1. The molecule has 0 aromatic heterocycles. The largest absolute Gasteiger partial charge is 0.300 e. The van der Waals surface area contributed by atoms with Crippen molar-refractivity contribution in [1.29, 1.82) is 0 Å². The van der Waals surface area contributed by atoms with Crippen LogP contribution in [0, 0.1) is 0 Å². The van der Waals surface area contributed by atoms with Crippen molar-refractivity contribution in [1.82, 2.24) is 0 Å². The van der Waals surface area contributed by atoms with Crippen LogP contribution in [-0.2, 0) is 4.79 Å². The van der Waals surface area contributed by atoms with Gasteiger partial charge >= 0.3 is 0 Å². The van der Waals surface area contributed by atoms with E-state index >= 15 is 0 Å². The second-order valence-electron chi connectivity index (χ2n) is 2.12. The summed E-state index contributed by atoms with van der Waals surface area (Å²) in [4.78, 5) is 10.6. The first kappa shape index (κ1) is 9.53. The molecule has 0 unspecified atom stereocenters. The minimum Gasteiger partial charge on any atom is -0.300 e. The molecule has 0 amide bonds. The molecule has 0 fully saturated rings. The van der Waals surface area contributed by atoms with Crippen LogP contribution in [0.5, 0.6) is 0 Å². The van der Waals surface area contributed by atoms with Crippen molar-refractivity contribution in [3.8, 4) is 0 Å². The smallest absolute Gasteiger partial charge is 0.133 e. The van der Waals surface area contributed by atoms with Crippen molar-refractivity contribution < 1.29 is 13.6 Å². The average Bonchev–Trinajstić information content (AvgIpc) is 1.97. The van der Waals surface area contributed by atoms with E-state index in [1.165, 1.54) is 0 Å². The van der Waals surface area contributed by atoms with Gasteiger partial charge in [0, 0.05) is 12.8 Å². The first-order chi connectivity index (χ1) is 4.81. The van der Waals surface area contributed by atoms with E-state index in [9.17, 15) is 13.6 Å². The maximum atomic E-state index is 11.4. The summed E-state index contributed by atoms with van der Waals surface area (Å²) in [7, 11) is 0. The van der Waals surface area contributed by atoms with Crippen LogP contribution in [0.3, 0.4) is 0 Å². The number of halogens is 2. The number of Topliss-reactive ketones (excluding diaryl/α,β-unsaturated/α-hetero) is 1. The molecule has 0 aliphatic carbocycles. The topological polar surface area (TPSA) is 17.1 Å². The normalized spacial score (nSPS) is 9.80. The fraction of sp³-hybridized carbons (Fsp3) is 0.857. The monoisotopic (exact) mass is 150 g/mol. The Balaban J connectivity index is 3.09. The van der Waals surface area contributed by atoms with Gasteiger partial charge in [0.25, 0.3) is 0 Å². The summed E-state index contributed by atoms with van der Waals surface area (Å²) >= 11 is 0. The van der Waals surface area contributed by atoms with Gasteiger partial charge in [0.05, 0.1) is 13.3 Å². The summed E-state index contributed by atoms with van der Waals surface area (Å²) in [5.74, 6) is -0.0321. The van der Waals surface area contributed by atoms with Gasteiger partial charge in [0.15, 0.2) is 0 Å². The second kappa shape index (κ2) is 6.65. The van der Waals surface area contributed by atoms with Crippen molar-refractivity contribution in [2.75, 3.05) is 13.3 Å². The highest BCUT2D eigenvalue weighted by molar-refractivity contribution is 5.78. The SMILES string of the molecule is O=C(CCCF)CCCF. The molecule has 60 valence electrons. The summed E-state index contributed by atoms with van der Waals surface area (Å²) in [6, 6.07) is 0. The molecule has 0 saturated heterocycles. The molecule has 0 heterocycles. The lowest BCUT2D eigenvalue weighted by Crippen LogP contribution is -1.98. The van der Waals surface area contributed by atoms with Crippen LogP contribution in [0.15, 0.2) is 0 Å². The molecule has 0 aliphatic heterocycles. The third kappa shape index (κ3) is 5.66. The van der Waals surface area contributed by atoms with E-state index in [-0.39, 0.29) is 31.5 Å². The fourth-order valence-corrected chi connectivity index (χ4v) is 0.653. The van der Waals surface area contributed by atoms with Gasteiger partial charge in [-0.05, 0) is 12.8 Å². The van der Waals surface area contributed by atoms with Crippen LogP contribution in [0.25, 0.3) is 0 Å². The van der Waals surface area contributed by atoms with Crippen LogP contribution >= 0.6 is 0 Å². The van der Waals surface area contributed by atoms with Gasteiger partial charge in [-0.25, -0.2) is 0 Å². The van der Waals surface area contributed by atoms with Gasteiger partial charge < -0.3 is 0 Å². The lowest BCUT2D eigenvalue weighted by molar-refractivity contribution is -0.119. The number of alkyl halides is 2. The Morgan fingerprint density at radius 2 is 1.40 bits per heavy atom. The molecule has 1 nitrogen and oxygen atoms in total. The highest BCUT2D eigenvalue weighted by Crippen LogP contribution is 1.98. The zero-order chi connectivity index (χ0) is 7.82. The first-order valence-corrected chi connectivity index (χ1v) is 3.45. The van der Waals surface area contributed by atoms with Crippen molar-refractivity contribution >= 4 is 5.78 Å². The predicted octanol–water partition coefficient (Wildman–Crippen LogP) is 2.05. The minimum atomic E-state index is -0.457. The minimum absolute atomic E-state index is 0.0321. The van der Waals surface area contributed by atoms with E-state index in [1.807, 2.05) is 0 Å². The Bertz CT molecular complexity index is 83.6. The molecule has 0 N–H and O–H groups in total. The highest BCUT2D eigenvalue weighted by atomic mass is 19.1. The molecule has 0 saturated carbocycles. The van der Waals surface area contributed by atoms with Crippen LogP contribution in [-0.4, -0.2) is 19.1 Å². The number of hydrogen-bond acceptors (Lipinski definition) is 1. The molecule has 3 heteroatoms. The van der Waals surface area contributed by atoms with Crippen LogP contribution in [0.2, 0.25) is 0 Å². The van der Waals surface area contributed by atoms with Crippen molar-refractivity contribution in [2.24, 2.45) is 0 Å². The Hall–Kier alpha value is -0.470. The summed E-state index contributed by atoms with van der Waals surface area (Å²) < 4.78 is 22.9. The van der Waals surface area contributed by atoms with Crippen molar-refractivity contribution in [3.05, 3.63) is 0 Å². The van der Waals surface area contributed by atoms with Crippen molar-refractivity contribution in [2.45, 2.75) is 25.7 Å². The molecule has 0 aliphatic rings. The summed E-state index contributed by atoms with van der Waals surface area (Å²) in [5.41, 5.74) is 0. The van der Waals surface area contributed by atoms with Crippen LogP contribution in [0.4, 0.5) is 8.78 Å². The van der Waals surface area contributed by atoms with Gasteiger partial charge in [-0.1, -0.05) is 0 Å². The van der Waals surface area contributed by atoms with Gasteiger partial charge in [-0.3, -0.25) is 13.6 Å². The summed E-state index contributed by atoms with van der Waals surface area (Å²) in [6.45, 7) is -0.914. The molecule has 0 aromatic carbocycles.